The standard InChI is InChI=1S/C20H26N2O3/c1-3-12-11-22-7-6-13(12)8-18(22)20(24)16-10-19(23)21-17-5-4-14(25-2)9-15(16)17/h3-5,9,12-13,17-18,20,24H,1,6-8,10-11H2,2H3,(H,21,23)/t12-,13-,17-,18-,20+/m0/s1. The van der Waals surface area contributed by atoms with Crippen LogP contribution in [0.4, 0.5) is 0 Å². The van der Waals surface area contributed by atoms with Crippen LogP contribution in [0.2, 0.25) is 0 Å². The van der Waals surface area contributed by atoms with Crippen molar-refractivity contribution in [2.45, 2.75) is 37.5 Å². The first-order valence-electron chi connectivity index (χ1n) is 9.11. The third kappa shape index (κ3) is 2.85. The number of piperidine rings is 3. The van der Waals surface area contributed by atoms with E-state index in [1.54, 1.807) is 7.11 Å². The minimum Gasteiger partial charge on any atom is -0.497 e. The Morgan fingerprint density at radius 2 is 2.36 bits per heavy atom. The number of carbonyl (C=O) groups is 1. The van der Waals surface area contributed by atoms with Crippen LogP contribution in [0.15, 0.2) is 47.8 Å². The fraction of sp³-hybridized carbons (Fsp3) is 0.550. The molecule has 1 unspecified atom stereocenters. The molecule has 0 aromatic rings. The van der Waals surface area contributed by atoms with Gasteiger partial charge in [-0.2, -0.15) is 0 Å². The molecular formula is C20H26N2O3. The zero-order valence-electron chi connectivity index (χ0n) is 14.6. The summed E-state index contributed by atoms with van der Waals surface area (Å²) in [5.74, 6) is 1.85. The van der Waals surface area contributed by atoms with Crippen LogP contribution in [0.25, 0.3) is 0 Å². The first kappa shape index (κ1) is 16.6. The average molecular weight is 342 g/mol. The third-order valence-electron chi connectivity index (χ3n) is 6.24. The van der Waals surface area contributed by atoms with Gasteiger partial charge < -0.3 is 15.2 Å². The van der Waals surface area contributed by atoms with E-state index in [9.17, 15) is 9.90 Å². The van der Waals surface area contributed by atoms with Gasteiger partial charge in [0.15, 0.2) is 0 Å². The number of carbonyl (C=O) groups excluding carboxylic acids is 1. The first-order chi connectivity index (χ1) is 12.1. The molecule has 134 valence electrons. The Morgan fingerprint density at radius 1 is 1.52 bits per heavy atom. The van der Waals surface area contributed by atoms with Crippen molar-refractivity contribution in [3.05, 3.63) is 47.8 Å². The van der Waals surface area contributed by atoms with Crippen molar-refractivity contribution in [1.29, 1.82) is 0 Å². The number of nitrogens with zero attached hydrogens (tertiary/aromatic N) is 1. The van der Waals surface area contributed by atoms with E-state index >= 15 is 0 Å². The monoisotopic (exact) mass is 342 g/mol. The Bertz CT molecular complexity index is 678. The SMILES string of the molecule is C=C[C@H]1CN2CC[C@H]1C[C@H]2[C@H](O)C1=C2C=C(OC)C=C[C@@H]2NC(=O)C1. The number of allylic oxidation sites excluding steroid dienone is 1. The molecule has 1 amide bonds. The van der Waals surface area contributed by atoms with Gasteiger partial charge in [-0.1, -0.05) is 12.2 Å². The van der Waals surface area contributed by atoms with Gasteiger partial charge in [0.1, 0.15) is 5.76 Å². The number of fused-ring (bicyclic) bond motifs is 4. The maximum Gasteiger partial charge on any atom is 0.224 e. The van der Waals surface area contributed by atoms with Crippen LogP contribution < -0.4 is 5.32 Å². The highest BCUT2D eigenvalue weighted by Crippen LogP contribution is 2.40. The minimum absolute atomic E-state index is 0.0262. The van der Waals surface area contributed by atoms with Crippen LogP contribution in [0, 0.1) is 11.8 Å². The summed E-state index contributed by atoms with van der Waals surface area (Å²) in [5.41, 5.74) is 1.83. The third-order valence-corrected chi connectivity index (χ3v) is 6.24. The predicted octanol–water partition coefficient (Wildman–Crippen LogP) is 1.53. The smallest absolute Gasteiger partial charge is 0.224 e. The molecule has 5 aliphatic rings. The first-order valence-corrected chi connectivity index (χ1v) is 9.11. The summed E-state index contributed by atoms with van der Waals surface area (Å²) in [6.45, 7) is 5.95. The van der Waals surface area contributed by atoms with Crippen LogP contribution in [0.5, 0.6) is 0 Å². The summed E-state index contributed by atoms with van der Waals surface area (Å²) < 4.78 is 5.34. The lowest BCUT2D eigenvalue weighted by molar-refractivity contribution is -0.121. The second-order valence-electron chi connectivity index (χ2n) is 7.50. The number of methoxy groups -OCH3 is 1. The van der Waals surface area contributed by atoms with Crippen molar-refractivity contribution in [3.8, 4) is 0 Å². The zero-order valence-corrected chi connectivity index (χ0v) is 14.6. The normalized spacial score (nSPS) is 37.9. The van der Waals surface area contributed by atoms with E-state index in [0.717, 1.165) is 36.4 Å². The van der Waals surface area contributed by atoms with Gasteiger partial charge in [0.2, 0.25) is 5.91 Å². The molecule has 4 aliphatic heterocycles. The summed E-state index contributed by atoms with van der Waals surface area (Å²) in [6, 6.07) is -0.0733. The number of aliphatic hydroxyl groups is 1. The zero-order chi connectivity index (χ0) is 17.6. The molecule has 0 radical (unpaired) electrons. The summed E-state index contributed by atoms with van der Waals surface area (Å²) in [4.78, 5) is 14.5. The molecule has 1 aliphatic carbocycles. The maximum absolute atomic E-state index is 12.2. The van der Waals surface area contributed by atoms with Gasteiger partial charge >= 0.3 is 0 Å². The minimum atomic E-state index is -0.613. The quantitative estimate of drug-likeness (QED) is 0.761. The number of hydrogen-bond donors (Lipinski definition) is 2. The molecule has 5 heteroatoms. The Kier molecular flexibility index (Phi) is 4.29. The average Bonchev–Trinajstić information content (AvgIpc) is 2.66. The molecule has 6 atom stereocenters. The van der Waals surface area contributed by atoms with E-state index in [4.69, 9.17) is 4.74 Å². The molecule has 0 aromatic carbocycles. The molecule has 2 N–H and O–H groups in total. The highest BCUT2D eigenvalue weighted by Gasteiger charge is 2.44. The molecule has 0 aromatic heterocycles. The second-order valence-corrected chi connectivity index (χ2v) is 7.50. The van der Waals surface area contributed by atoms with Gasteiger partial charge in [-0.25, -0.2) is 0 Å². The summed E-state index contributed by atoms with van der Waals surface area (Å²) >= 11 is 0. The van der Waals surface area contributed by atoms with Crippen LogP contribution in [-0.4, -0.2) is 54.3 Å². The molecule has 4 heterocycles. The molecule has 0 spiro atoms. The fourth-order valence-corrected chi connectivity index (χ4v) is 4.84. The summed E-state index contributed by atoms with van der Waals surface area (Å²) in [6.07, 6.45) is 9.59. The highest BCUT2D eigenvalue weighted by molar-refractivity contribution is 5.82. The van der Waals surface area contributed by atoms with Crippen molar-refractivity contribution in [2.24, 2.45) is 11.8 Å². The Balaban J connectivity index is 1.64. The fourth-order valence-electron chi connectivity index (χ4n) is 4.84. The predicted molar refractivity (Wildman–Crippen MR) is 95.6 cm³/mol. The van der Waals surface area contributed by atoms with E-state index < -0.39 is 6.10 Å². The van der Waals surface area contributed by atoms with Gasteiger partial charge in [-0.15, -0.1) is 6.58 Å². The van der Waals surface area contributed by atoms with Crippen molar-refractivity contribution in [3.63, 3.8) is 0 Å². The number of nitrogens with one attached hydrogen (secondary N) is 1. The molecule has 5 nitrogen and oxygen atoms in total. The molecule has 2 bridgehead atoms. The highest BCUT2D eigenvalue weighted by atomic mass is 16.5. The lowest BCUT2D eigenvalue weighted by Gasteiger charge is -2.51. The van der Waals surface area contributed by atoms with E-state index in [1.165, 1.54) is 6.42 Å². The summed E-state index contributed by atoms with van der Waals surface area (Å²) in [5, 5.41) is 14.2. The van der Waals surface area contributed by atoms with Gasteiger partial charge in [0.25, 0.3) is 0 Å². The number of hydrogen-bond acceptors (Lipinski definition) is 4. The van der Waals surface area contributed by atoms with E-state index in [2.05, 4.69) is 22.9 Å². The summed E-state index contributed by atoms with van der Waals surface area (Å²) in [7, 11) is 1.63. The van der Waals surface area contributed by atoms with E-state index in [1.807, 2.05) is 18.2 Å². The lowest BCUT2D eigenvalue weighted by atomic mass is 9.72. The number of ether oxygens (including phenoxy) is 1. The Morgan fingerprint density at radius 3 is 3.04 bits per heavy atom. The number of rotatable bonds is 4. The molecule has 3 fully saturated rings. The van der Waals surface area contributed by atoms with Gasteiger partial charge in [-0.05, 0) is 54.5 Å². The van der Waals surface area contributed by atoms with Crippen LogP contribution in [-0.2, 0) is 9.53 Å². The Labute approximate surface area is 148 Å². The van der Waals surface area contributed by atoms with Crippen LogP contribution in [0.1, 0.15) is 19.3 Å². The van der Waals surface area contributed by atoms with E-state index in [-0.39, 0.29) is 24.4 Å². The number of amides is 1. The van der Waals surface area contributed by atoms with Crippen molar-refractivity contribution < 1.29 is 14.6 Å². The van der Waals surface area contributed by atoms with E-state index in [0.29, 0.717) is 11.8 Å². The van der Waals surface area contributed by atoms with Gasteiger partial charge in [0.05, 0.1) is 25.7 Å². The molecular weight excluding hydrogens is 316 g/mol. The van der Waals surface area contributed by atoms with Crippen molar-refractivity contribution >= 4 is 5.91 Å². The van der Waals surface area contributed by atoms with Crippen molar-refractivity contribution in [1.82, 2.24) is 10.2 Å². The van der Waals surface area contributed by atoms with Gasteiger partial charge in [-0.3, -0.25) is 9.69 Å². The molecule has 3 saturated heterocycles. The van der Waals surface area contributed by atoms with Crippen LogP contribution in [0.3, 0.4) is 0 Å². The molecule has 5 rings (SSSR count). The van der Waals surface area contributed by atoms with Crippen LogP contribution >= 0.6 is 0 Å². The lowest BCUT2D eigenvalue weighted by Crippen LogP contribution is -2.58. The Hall–Kier alpha value is -1.85. The number of aliphatic hydroxyl groups excluding tert-OH is 1. The molecule has 0 saturated carbocycles. The van der Waals surface area contributed by atoms with Gasteiger partial charge in [0, 0.05) is 12.6 Å². The maximum atomic E-state index is 12.2. The second kappa shape index (κ2) is 6.46. The topological polar surface area (TPSA) is 61.8 Å². The largest absolute Gasteiger partial charge is 0.497 e. The molecule has 25 heavy (non-hydrogen) atoms. The van der Waals surface area contributed by atoms with Crippen molar-refractivity contribution in [2.75, 3.05) is 20.2 Å².